The molecule has 3 rings (SSSR count). The van der Waals surface area contributed by atoms with Crippen molar-refractivity contribution in [3.8, 4) is 0 Å². The Morgan fingerprint density at radius 3 is 2.71 bits per heavy atom. The number of amides is 1. The quantitative estimate of drug-likeness (QED) is 0.861. The Kier molecular flexibility index (Phi) is 5.87. The summed E-state index contributed by atoms with van der Waals surface area (Å²) in [6, 6.07) is 6.86. The van der Waals surface area contributed by atoms with Gasteiger partial charge in [0.2, 0.25) is 5.91 Å². The van der Waals surface area contributed by atoms with Crippen molar-refractivity contribution < 1.29 is 4.79 Å². The lowest BCUT2D eigenvalue weighted by Gasteiger charge is -2.37. The van der Waals surface area contributed by atoms with Crippen LogP contribution < -0.4 is 10.6 Å². The van der Waals surface area contributed by atoms with Crippen molar-refractivity contribution in [1.82, 2.24) is 15.1 Å². The van der Waals surface area contributed by atoms with Crippen molar-refractivity contribution >= 4 is 11.6 Å². The van der Waals surface area contributed by atoms with Crippen molar-refractivity contribution in [3.05, 3.63) is 29.3 Å². The maximum atomic E-state index is 12.2. The third-order valence-electron chi connectivity index (χ3n) is 5.27. The van der Waals surface area contributed by atoms with Crippen LogP contribution in [0, 0.1) is 13.8 Å². The first-order valence-electron chi connectivity index (χ1n) is 9.16. The molecule has 0 spiro atoms. The number of aryl methyl sites for hydroxylation is 2. The Labute approximate surface area is 145 Å². The third-order valence-corrected chi connectivity index (χ3v) is 5.27. The summed E-state index contributed by atoms with van der Waals surface area (Å²) < 4.78 is 0. The van der Waals surface area contributed by atoms with Crippen LogP contribution in [0.1, 0.15) is 24.0 Å². The second-order valence-electron chi connectivity index (χ2n) is 7.14. The summed E-state index contributed by atoms with van der Waals surface area (Å²) >= 11 is 0. The van der Waals surface area contributed by atoms with Crippen LogP contribution in [0.5, 0.6) is 0 Å². The van der Waals surface area contributed by atoms with Gasteiger partial charge in [0.05, 0.1) is 0 Å². The summed E-state index contributed by atoms with van der Waals surface area (Å²) in [5.41, 5.74) is 3.28. The molecule has 0 radical (unpaired) electrons. The van der Waals surface area contributed by atoms with Gasteiger partial charge in [-0.15, -0.1) is 0 Å². The molecule has 2 fully saturated rings. The molecule has 5 nitrogen and oxygen atoms in total. The van der Waals surface area contributed by atoms with Gasteiger partial charge in [0, 0.05) is 57.4 Å². The zero-order valence-electron chi connectivity index (χ0n) is 15.0. The average molecular weight is 330 g/mol. The molecule has 24 heavy (non-hydrogen) atoms. The number of hydrogen-bond donors (Lipinski definition) is 2. The molecule has 132 valence electrons. The van der Waals surface area contributed by atoms with E-state index in [1.165, 1.54) is 12.0 Å². The molecular formula is C19H30N4O. The van der Waals surface area contributed by atoms with E-state index >= 15 is 0 Å². The Bertz CT molecular complexity index is 560. The lowest BCUT2D eigenvalue weighted by atomic mass is 10.1. The molecule has 1 atom stereocenters. The first kappa shape index (κ1) is 17.4. The number of piperazine rings is 1. The van der Waals surface area contributed by atoms with Gasteiger partial charge in [-0.1, -0.05) is 17.7 Å². The lowest BCUT2D eigenvalue weighted by molar-refractivity contribution is -0.116. The highest BCUT2D eigenvalue weighted by molar-refractivity contribution is 5.91. The van der Waals surface area contributed by atoms with E-state index in [0.29, 0.717) is 6.42 Å². The van der Waals surface area contributed by atoms with E-state index in [1.54, 1.807) is 0 Å². The second-order valence-corrected chi connectivity index (χ2v) is 7.14. The Morgan fingerprint density at radius 1 is 1.25 bits per heavy atom. The van der Waals surface area contributed by atoms with Crippen LogP contribution in [0.2, 0.25) is 0 Å². The maximum Gasteiger partial charge on any atom is 0.225 e. The molecule has 2 N–H and O–H groups in total. The van der Waals surface area contributed by atoms with E-state index in [-0.39, 0.29) is 5.91 Å². The van der Waals surface area contributed by atoms with Crippen LogP contribution in [0.15, 0.2) is 18.2 Å². The van der Waals surface area contributed by atoms with Gasteiger partial charge in [0.15, 0.2) is 0 Å². The van der Waals surface area contributed by atoms with E-state index in [9.17, 15) is 4.79 Å². The number of nitrogens with one attached hydrogen (secondary N) is 2. The highest BCUT2D eigenvalue weighted by Gasteiger charge is 2.25. The fourth-order valence-electron chi connectivity index (χ4n) is 3.73. The zero-order chi connectivity index (χ0) is 16.9. The van der Waals surface area contributed by atoms with Gasteiger partial charge in [-0.25, -0.2) is 0 Å². The molecular weight excluding hydrogens is 300 g/mol. The first-order chi connectivity index (χ1) is 11.6. The van der Waals surface area contributed by atoms with Crippen molar-refractivity contribution in [1.29, 1.82) is 0 Å². The molecule has 2 heterocycles. The first-order valence-corrected chi connectivity index (χ1v) is 9.16. The van der Waals surface area contributed by atoms with Crippen molar-refractivity contribution in [2.45, 2.75) is 32.7 Å². The van der Waals surface area contributed by atoms with Crippen LogP contribution in [0.4, 0.5) is 5.69 Å². The number of benzene rings is 1. The van der Waals surface area contributed by atoms with Gasteiger partial charge < -0.3 is 15.5 Å². The second kappa shape index (κ2) is 8.10. The summed E-state index contributed by atoms with van der Waals surface area (Å²) in [5, 5.41) is 6.49. The van der Waals surface area contributed by atoms with Gasteiger partial charge in [-0.3, -0.25) is 9.69 Å². The number of carbonyl (C=O) groups excluding carboxylic acids is 1. The van der Waals surface area contributed by atoms with Crippen molar-refractivity contribution in [2.24, 2.45) is 0 Å². The maximum absolute atomic E-state index is 12.2. The van der Waals surface area contributed by atoms with Gasteiger partial charge in [0.25, 0.3) is 0 Å². The molecule has 1 aromatic carbocycles. The summed E-state index contributed by atoms with van der Waals surface area (Å²) in [5.74, 6) is 0.115. The van der Waals surface area contributed by atoms with Crippen LogP contribution >= 0.6 is 0 Å². The van der Waals surface area contributed by atoms with Crippen LogP contribution in [0.25, 0.3) is 0 Å². The summed E-state index contributed by atoms with van der Waals surface area (Å²) in [6.07, 6.45) is 1.84. The molecule has 0 aromatic heterocycles. The predicted molar refractivity (Wildman–Crippen MR) is 98.5 cm³/mol. The Balaban J connectivity index is 1.39. The van der Waals surface area contributed by atoms with E-state index in [2.05, 4.69) is 33.4 Å². The van der Waals surface area contributed by atoms with Crippen LogP contribution in [0.3, 0.4) is 0 Å². The normalized spacial score (nSPS) is 22.7. The van der Waals surface area contributed by atoms with E-state index in [0.717, 1.165) is 63.1 Å². The van der Waals surface area contributed by atoms with Gasteiger partial charge >= 0.3 is 0 Å². The lowest BCUT2D eigenvalue weighted by Crippen LogP contribution is -2.51. The Morgan fingerprint density at radius 2 is 2.04 bits per heavy atom. The minimum Gasteiger partial charge on any atom is -0.326 e. The molecule has 2 aliphatic heterocycles. The largest absolute Gasteiger partial charge is 0.326 e. The molecule has 1 amide bonds. The summed E-state index contributed by atoms with van der Waals surface area (Å²) in [6.45, 7) is 11.7. The third kappa shape index (κ3) is 4.56. The SMILES string of the molecule is Cc1ccc(NC(=O)CCN2CCN([C@@H]3CCNC3)CC2)c(C)c1. The topological polar surface area (TPSA) is 47.6 Å². The number of nitrogens with zero attached hydrogens (tertiary/aromatic N) is 2. The molecule has 0 aliphatic carbocycles. The summed E-state index contributed by atoms with van der Waals surface area (Å²) in [7, 11) is 0. The molecule has 2 saturated heterocycles. The average Bonchev–Trinajstić information content (AvgIpc) is 3.11. The zero-order valence-corrected chi connectivity index (χ0v) is 15.0. The number of anilines is 1. The fraction of sp³-hybridized carbons (Fsp3) is 0.632. The molecule has 0 saturated carbocycles. The molecule has 5 heteroatoms. The molecule has 0 unspecified atom stereocenters. The number of hydrogen-bond acceptors (Lipinski definition) is 4. The molecule has 1 aromatic rings. The van der Waals surface area contributed by atoms with Crippen molar-refractivity contribution in [2.75, 3.05) is 51.1 Å². The number of carbonyl (C=O) groups is 1. The van der Waals surface area contributed by atoms with Gasteiger partial charge in [-0.2, -0.15) is 0 Å². The number of rotatable bonds is 5. The van der Waals surface area contributed by atoms with Gasteiger partial charge in [0.1, 0.15) is 0 Å². The van der Waals surface area contributed by atoms with Crippen molar-refractivity contribution in [3.63, 3.8) is 0 Å². The van der Waals surface area contributed by atoms with Crippen LogP contribution in [-0.2, 0) is 4.79 Å². The smallest absolute Gasteiger partial charge is 0.225 e. The monoisotopic (exact) mass is 330 g/mol. The predicted octanol–water partition coefficient (Wildman–Crippen LogP) is 1.61. The van der Waals surface area contributed by atoms with E-state index < -0.39 is 0 Å². The van der Waals surface area contributed by atoms with Crippen LogP contribution in [-0.4, -0.2) is 67.6 Å². The fourth-order valence-corrected chi connectivity index (χ4v) is 3.73. The minimum absolute atomic E-state index is 0.115. The highest BCUT2D eigenvalue weighted by Crippen LogP contribution is 2.16. The summed E-state index contributed by atoms with van der Waals surface area (Å²) in [4.78, 5) is 17.2. The molecule has 2 aliphatic rings. The minimum atomic E-state index is 0.115. The van der Waals surface area contributed by atoms with Gasteiger partial charge in [-0.05, 0) is 38.4 Å². The van der Waals surface area contributed by atoms with E-state index in [4.69, 9.17) is 0 Å². The van der Waals surface area contributed by atoms with E-state index in [1.807, 2.05) is 19.1 Å². The Hall–Kier alpha value is -1.43. The molecule has 0 bridgehead atoms. The highest BCUT2D eigenvalue weighted by atomic mass is 16.1. The standard InChI is InChI=1S/C19H30N4O/c1-15-3-4-18(16(2)13-15)21-19(24)6-8-22-9-11-23(12-10-22)17-5-7-20-14-17/h3-4,13,17,20H,5-12,14H2,1-2H3,(H,21,24)/t17-/m1/s1.